The highest BCUT2D eigenvalue weighted by molar-refractivity contribution is 9.10. The van der Waals surface area contributed by atoms with E-state index in [-0.39, 0.29) is 0 Å². The summed E-state index contributed by atoms with van der Waals surface area (Å²) in [5.41, 5.74) is 2.12. The Kier molecular flexibility index (Phi) is 9.42. The number of nitrogens with zero attached hydrogens (tertiary/aromatic N) is 1. The standard InChI is InChI=1S/C21H28BrClN2O2/c1-4-25(5-2)13-12-24-14-18-19(22)10-11-20(26-3)21(18)27-15-16-6-8-17(23)9-7-16/h6-11,24H,4-5,12-15H2,1-3H3. The molecule has 4 nitrogen and oxygen atoms in total. The molecule has 0 aliphatic carbocycles. The van der Waals surface area contributed by atoms with Gasteiger partial charge in [-0.25, -0.2) is 0 Å². The summed E-state index contributed by atoms with van der Waals surface area (Å²) in [6.45, 7) is 9.60. The summed E-state index contributed by atoms with van der Waals surface area (Å²) in [7, 11) is 1.66. The van der Waals surface area contributed by atoms with E-state index in [1.165, 1.54) is 0 Å². The first-order valence-electron chi connectivity index (χ1n) is 9.24. The number of rotatable bonds is 11. The molecule has 27 heavy (non-hydrogen) atoms. The van der Waals surface area contributed by atoms with Gasteiger partial charge in [0.2, 0.25) is 0 Å². The zero-order valence-corrected chi connectivity index (χ0v) is 18.6. The summed E-state index contributed by atoms with van der Waals surface area (Å²) in [5.74, 6) is 1.49. The van der Waals surface area contributed by atoms with Gasteiger partial charge in [-0.05, 0) is 42.9 Å². The van der Waals surface area contributed by atoms with Crippen molar-refractivity contribution in [2.45, 2.75) is 27.0 Å². The number of hydrogen-bond donors (Lipinski definition) is 1. The molecular weight excluding hydrogens is 428 g/mol. The molecule has 0 aliphatic heterocycles. The van der Waals surface area contributed by atoms with E-state index in [1.54, 1.807) is 7.11 Å². The zero-order chi connectivity index (χ0) is 19.6. The van der Waals surface area contributed by atoms with Crippen LogP contribution in [0.15, 0.2) is 40.9 Å². The Morgan fingerprint density at radius 3 is 2.41 bits per heavy atom. The molecule has 6 heteroatoms. The van der Waals surface area contributed by atoms with Gasteiger partial charge in [0, 0.05) is 34.7 Å². The van der Waals surface area contributed by atoms with Gasteiger partial charge in [-0.3, -0.25) is 0 Å². The average molecular weight is 456 g/mol. The molecule has 0 saturated carbocycles. The second-order valence-corrected chi connectivity index (χ2v) is 7.47. The van der Waals surface area contributed by atoms with Crippen molar-refractivity contribution in [1.29, 1.82) is 0 Å². The van der Waals surface area contributed by atoms with Crippen LogP contribution in [0.5, 0.6) is 11.5 Å². The largest absolute Gasteiger partial charge is 0.493 e. The first-order chi connectivity index (χ1) is 13.1. The van der Waals surface area contributed by atoms with E-state index in [1.807, 2.05) is 36.4 Å². The Morgan fingerprint density at radius 1 is 1.07 bits per heavy atom. The fourth-order valence-electron chi connectivity index (χ4n) is 2.79. The molecule has 2 aromatic rings. The van der Waals surface area contributed by atoms with E-state index >= 15 is 0 Å². The molecule has 0 bridgehead atoms. The Bertz CT molecular complexity index is 706. The van der Waals surface area contributed by atoms with E-state index in [0.717, 1.165) is 58.3 Å². The fourth-order valence-corrected chi connectivity index (χ4v) is 3.37. The molecule has 1 N–H and O–H groups in total. The van der Waals surface area contributed by atoms with E-state index in [2.05, 4.69) is 40.0 Å². The lowest BCUT2D eigenvalue weighted by molar-refractivity contribution is 0.279. The minimum absolute atomic E-state index is 0.455. The molecule has 0 radical (unpaired) electrons. The van der Waals surface area contributed by atoms with Crippen LogP contribution in [0.4, 0.5) is 0 Å². The van der Waals surface area contributed by atoms with Gasteiger partial charge in [0.25, 0.3) is 0 Å². The van der Waals surface area contributed by atoms with Crippen LogP contribution in [0.2, 0.25) is 5.02 Å². The van der Waals surface area contributed by atoms with Gasteiger partial charge in [0.15, 0.2) is 11.5 Å². The summed E-state index contributed by atoms with van der Waals surface area (Å²) < 4.78 is 12.7. The maximum absolute atomic E-state index is 6.14. The molecule has 0 amide bonds. The highest BCUT2D eigenvalue weighted by Gasteiger charge is 2.15. The molecule has 0 saturated heterocycles. The van der Waals surface area contributed by atoms with Crippen molar-refractivity contribution in [3.63, 3.8) is 0 Å². The van der Waals surface area contributed by atoms with Gasteiger partial charge < -0.3 is 19.7 Å². The van der Waals surface area contributed by atoms with Gasteiger partial charge >= 0.3 is 0 Å². The molecule has 0 heterocycles. The number of halogens is 2. The second-order valence-electron chi connectivity index (χ2n) is 6.18. The van der Waals surface area contributed by atoms with Crippen molar-refractivity contribution >= 4 is 27.5 Å². The van der Waals surface area contributed by atoms with Crippen molar-refractivity contribution in [3.05, 3.63) is 57.0 Å². The smallest absolute Gasteiger partial charge is 0.167 e. The molecule has 0 spiro atoms. The van der Waals surface area contributed by atoms with Crippen molar-refractivity contribution in [3.8, 4) is 11.5 Å². The van der Waals surface area contributed by atoms with Crippen molar-refractivity contribution in [1.82, 2.24) is 10.2 Å². The number of hydrogen-bond acceptors (Lipinski definition) is 4. The molecule has 2 aromatic carbocycles. The van der Waals surface area contributed by atoms with E-state index in [4.69, 9.17) is 21.1 Å². The Morgan fingerprint density at radius 2 is 1.78 bits per heavy atom. The van der Waals surface area contributed by atoms with Crippen LogP contribution < -0.4 is 14.8 Å². The number of methoxy groups -OCH3 is 1. The van der Waals surface area contributed by atoms with E-state index in [0.29, 0.717) is 13.2 Å². The molecular formula is C21H28BrClN2O2. The van der Waals surface area contributed by atoms with Gasteiger partial charge in [0.1, 0.15) is 6.61 Å². The van der Waals surface area contributed by atoms with Crippen LogP contribution >= 0.6 is 27.5 Å². The number of nitrogens with one attached hydrogen (secondary N) is 1. The van der Waals surface area contributed by atoms with Gasteiger partial charge in [-0.15, -0.1) is 0 Å². The maximum Gasteiger partial charge on any atom is 0.167 e. The van der Waals surface area contributed by atoms with Crippen molar-refractivity contribution in [2.24, 2.45) is 0 Å². The van der Waals surface area contributed by atoms with E-state index < -0.39 is 0 Å². The second kappa shape index (κ2) is 11.5. The lowest BCUT2D eigenvalue weighted by atomic mass is 10.1. The molecule has 0 aromatic heterocycles. The lowest BCUT2D eigenvalue weighted by Gasteiger charge is -2.20. The summed E-state index contributed by atoms with van der Waals surface area (Å²) in [4.78, 5) is 2.39. The third-order valence-electron chi connectivity index (χ3n) is 4.48. The monoisotopic (exact) mass is 454 g/mol. The fraction of sp³-hybridized carbons (Fsp3) is 0.429. The van der Waals surface area contributed by atoms with Gasteiger partial charge in [-0.1, -0.05) is 53.5 Å². The first-order valence-corrected chi connectivity index (χ1v) is 10.4. The van der Waals surface area contributed by atoms with Gasteiger partial charge in [0.05, 0.1) is 7.11 Å². The van der Waals surface area contributed by atoms with Crippen LogP contribution in [-0.2, 0) is 13.2 Å². The van der Waals surface area contributed by atoms with Crippen LogP contribution in [0.25, 0.3) is 0 Å². The average Bonchev–Trinajstić information content (AvgIpc) is 2.69. The maximum atomic E-state index is 6.14. The molecule has 0 unspecified atom stereocenters. The zero-order valence-electron chi connectivity index (χ0n) is 16.2. The normalized spacial score (nSPS) is 11.0. The van der Waals surface area contributed by atoms with Crippen molar-refractivity contribution < 1.29 is 9.47 Å². The predicted molar refractivity (Wildman–Crippen MR) is 116 cm³/mol. The number of likely N-dealkylation sites (N-methyl/N-ethyl adjacent to an activating group) is 1. The first kappa shape index (κ1) is 22.0. The van der Waals surface area contributed by atoms with Crippen LogP contribution in [0.1, 0.15) is 25.0 Å². The summed E-state index contributed by atoms with van der Waals surface area (Å²) >= 11 is 9.61. The SMILES string of the molecule is CCN(CC)CCNCc1c(Br)ccc(OC)c1OCc1ccc(Cl)cc1. The van der Waals surface area contributed by atoms with Crippen LogP contribution in [0.3, 0.4) is 0 Å². The van der Waals surface area contributed by atoms with Gasteiger partial charge in [-0.2, -0.15) is 0 Å². The highest BCUT2D eigenvalue weighted by Crippen LogP contribution is 2.36. The highest BCUT2D eigenvalue weighted by atomic mass is 79.9. The Hall–Kier alpha value is -1.27. The number of benzene rings is 2. The lowest BCUT2D eigenvalue weighted by Crippen LogP contribution is -2.31. The van der Waals surface area contributed by atoms with Crippen molar-refractivity contribution in [2.75, 3.05) is 33.3 Å². The minimum atomic E-state index is 0.455. The Balaban J connectivity index is 2.07. The molecule has 0 atom stereocenters. The summed E-state index contributed by atoms with van der Waals surface area (Å²) in [6, 6.07) is 11.6. The minimum Gasteiger partial charge on any atom is -0.493 e. The summed E-state index contributed by atoms with van der Waals surface area (Å²) in [6.07, 6.45) is 0. The molecule has 0 aliphatic rings. The number of ether oxygens (including phenoxy) is 2. The third kappa shape index (κ3) is 6.68. The molecule has 0 fully saturated rings. The molecule has 2 rings (SSSR count). The van der Waals surface area contributed by atoms with Crippen LogP contribution in [-0.4, -0.2) is 38.2 Å². The predicted octanol–water partition coefficient (Wildman–Crippen LogP) is 5.12. The molecule has 148 valence electrons. The quantitative estimate of drug-likeness (QED) is 0.477. The van der Waals surface area contributed by atoms with Crippen LogP contribution in [0, 0.1) is 0 Å². The Labute approximate surface area is 175 Å². The summed E-state index contributed by atoms with van der Waals surface area (Å²) in [5, 5.41) is 4.23. The topological polar surface area (TPSA) is 33.7 Å². The van der Waals surface area contributed by atoms with E-state index in [9.17, 15) is 0 Å². The third-order valence-corrected chi connectivity index (χ3v) is 5.48.